The van der Waals surface area contributed by atoms with Gasteiger partial charge in [-0.3, -0.25) is 4.79 Å². The Bertz CT molecular complexity index is 647. The summed E-state index contributed by atoms with van der Waals surface area (Å²) in [6.07, 6.45) is 3.89. The predicted molar refractivity (Wildman–Crippen MR) is 97.7 cm³/mol. The highest BCUT2D eigenvalue weighted by atomic mass is 35.5. The van der Waals surface area contributed by atoms with Crippen molar-refractivity contribution >= 4 is 18.3 Å². The molecule has 0 radical (unpaired) electrons. The summed E-state index contributed by atoms with van der Waals surface area (Å²) in [4.78, 5) is 26.9. The van der Waals surface area contributed by atoms with Crippen LogP contribution >= 0.6 is 12.4 Å². The molecule has 2 aliphatic rings. The fourth-order valence-electron chi connectivity index (χ4n) is 3.64. The Morgan fingerprint density at radius 3 is 2.60 bits per heavy atom. The fourth-order valence-corrected chi connectivity index (χ4v) is 3.64. The van der Waals surface area contributed by atoms with Crippen molar-refractivity contribution in [2.75, 3.05) is 33.3 Å². The van der Waals surface area contributed by atoms with Gasteiger partial charge in [-0.15, -0.1) is 12.4 Å². The Morgan fingerprint density at radius 1 is 1.32 bits per heavy atom. The number of piperidine rings is 2. The molecule has 0 saturated carbocycles. The van der Waals surface area contributed by atoms with E-state index in [1.807, 2.05) is 13.0 Å². The van der Waals surface area contributed by atoms with Crippen LogP contribution in [0.4, 0.5) is 0 Å². The van der Waals surface area contributed by atoms with Gasteiger partial charge in [0.05, 0.1) is 6.10 Å². The average molecular weight is 371 g/mol. The number of ether oxygens (including phenoxy) is 1. The number of aryl methyl sites for hydroxylation is 1. The van der Waals surface area contributed by atoms with Crippen LogP contribution in [0.15, 0.2) is 15.3 Å². The minimum absolute atomic E-state index is 0. The summed E-state index contributed by atoms with van der Waals surface area (Å²) in [5.74, 6) is 0.690. The normalized spacial score (nSPS) is 21.7. The maximum atomic E-state index is 12.7. The standard InChI is InChI=1S/C18H26N2O4.ClH/c1-12-10-15(13-4-3-7-19-11-13)24-18(22)16(12)17(21)20-8-5-14(23-2)6-9-20;/h10,13-14,19H,3-9,11H2,1-2H3;1H. The predicted octanol–water partition coefficient (Wildman–Crippen LogP) is 2.09. The van der Waals surface area contributed by atoms with Crippen LogP contribution in [0.3, 0.4) is 0 Å². The Balaban J connectivity index is 0.00000225. The third-order valence-electron chi connectivity index (χ3n) is 5.14. The number of nitrogens with one attached hydrogen (secondary N) is 1. The minimum Gasteiger partial charge on any atom is -0.427 e. The van der Waals surface area contributed by atoms with Crippen LogP contribution in [-0.4, -0.2) is 50.2 Å². The summed E-state index contributed by atoms with van der Waals surface area (Å²) in [7, 11) is 1.69. The van der Waals surface area contributed by atoms with Crippen LogP contribution in [-0.2, 0) is 4.74 Å². The van der Waals surface area contributed by atoms with E-state index >= 15 is 0 Å². The van der Waals surface area contributed by atoms with Gasteiger partial charge in [0.1, 0.15) is 11.3 Å². The number of hydrogen-bond acceptors (Lipinski definition) is 5. The van der Waals surface area contributed by atoms with E-state index in [1.165, 1.54) is 0 Å². The molecule has 140 valence electrons. The zero-order chi connectivity index (χ0) is 17.1. The molecule has 7 heteroatoms. The number of carbonyl (C=O) groups is 1. The van der Waals surface area contributed by atoms with Crippen LogP contribution in [0.1, 0.15) is 53.3 Å². The molecule has 2 aliphatic heterocycles. The van der Waals surface area contributed by atoms with E-state index in [1.54, 1.807) is 12.0 Å². The van der Waals surface area contributed by atoms with Gasteiger partial charge in [-0.05, 0) is 50.8 Å². The summed E-state index contributed by atoms with van der Waals surface area (Å²) in [6.45, 7) is 4.88. The molecule has 0 bridgehead atoms. The first-order valence-corrected chi connectivity index (χ1v) is 8.77. The fraction of sp³-hybridized carbons (Fsp3) is 0.667. The molecule has 1 N–H and O–H groups in total. The van der Waals surface area contributed by atoms with Gasteiger partial charge >= 0.3 is 5.63 Å². The van der Waals surface area contributed by atoms with Crippen LogP contribution in [0.5, 0.6) is 0 Å². The summed E-state index contributed by atoms with van der Waals surface area (Å²) in [5, 5.41) is 3.32. The minimum atomic E-state index is -0.505. The largest absolute Gasteiger partial charge is 0.427 e. The topological polar surface area (TPSA) is 71.8 Å². The van der Waals surface area contributed by atoms with Gasteiger partial charge in [-0.25, -0.2) is 4.79 Å². The van der Waals surface area contributed by atoms with Gasteiger partial charge in [0, 0.05) is 32.7 Å². The Hall–Kier alpha value is -1.37. The molecule has 0 aromatic carbocycles. The quantitative estimate of drug-likeness (QED) is 0.882. The van der Waals surface area contributed by atoms with Gasteiger partial charge in [-0.1, -0.05) is 0 Å². The highest BCUT2D eigenvalue weighted by Gasteiger charge is 2.28. The van der Waals surface area contributed by atoms with E-state index in [0.29, 0.717) is 24.4 Å². The molecule has 3 heterocycles. The zero-order valence-corrected chi connectivity index (χ0v) is 15.7. The summed E-state index contributed by atoms with van der Waals surface area (Å²) in [5.41, 5.74) is 0.388. The number of rotatable bonds is 3. The third kappa shape index (κ3) is 4.43. The van der Waals surface area contributed by atoms with Crippen LogP contribution in [0.25, 0.3) is 0 Å². The maximum Gasteiger partial charge on any atom is 0.349 e. The number of hydrogen-bond donors (Lipinski definition) is 1. The number of halogens is 1. The monoisotopic (exact) mass is 370 g/mol. The summed E-state index contributed by atoms with van der Waals surface area (Å²) in [6, 6.07) is 1.87. The van der Waals surface area contributed by atoms with E-state index in [9.17, 15) is 9.59 Å². The zero-order valence-electron chi connectivity index (χ0n) is 14.9. The van der Waals surface area contributed by atoms with E-state index in [-0.39, 0.29) is 35.9 Å². The second-order valence-electron chi connectivity index (χ2n) is 6.76. The Morgan fingerprint density at radius 2 is 2.04 bits per heavy atom. The molecule has 1 amide bonds. The Kier molecular flexibility index (Phi) is 7.04. The van der Waals surface area contributed by atoms with E-state index in [4.69, 9.17) is 9.15 Å². The molecule has 1 unspecified atom stereocenters. The SMILES string of the molecule is COC1CCN(C(=O)c2c(C)cc(C3CCCNC3)oc2=O)CC1.Cl. The van der Waals surface area contributed by atoms with Crippen molar-refractivity contribution in [3.63, 3.8) is 0 Å². The lowest BCUT2D eigenvalue weighted by Crippen LogP contribution is -2.42. The number of likely N-dealkylation sites (tertiary alicyclic amines) is 1. The third-order valence-corrected chi connectivity index (χ3v) is 5.14. The van der Waals surface area contributed by atoms with Crippen LogP contribution in [0.2, 0.25) is 0 Å². The maximum absolute atomic E-state index is 12.7. The molecule has 0 spiro atoms. The molecule has 3 rings (SSSR count). The lowest BCUT2D eigenvalue weighted by atomic mass is 9.95. The van der Waals surface area contributed by atoms with Crippen LogP contribution in [0, 0.1) is 6.92 Å². The molecule has 0 aliphatic carbocycles. The summed E-state index contributed by atoms with van der Waals surface area (Å²) >= 11 is 0. The molecule has 6 nitrogen and oxygen atoms in total. The van der Waals surface area contributed by atoms with Gasteiger partial charge in [0.2, 0.25) is 0 Å². The second-order valence-corrected chi connectivity index (χ2v) is 6.76. The highest BCUT2D eigenvalue weighted by Crippen LogP contribution is 2.24. The molecule has 2 fully saturated rings. The van der Waals surface area contributed by atoms with E-state index < -0.39 is 5.63 Å². The van der Waals surface area contributed by atoms with E-state index in [0.717, 1.165) is 38.8 Å². The molecular formula is C18H27ClN2O4. The average Bonchev–Trinajstić information content (AvgIpc) is 2.61. The molecule has 1 atom stereocenters. The first-order valence-electron chi connectivity index (χ1n) is 8.77. The summed E-state index contributed by atoms with van der Waals surface area (Å²) < 4.78 is 10.8. The van der Waals surface area contributed by atoms with Gasteiger partial charge in [-0.2, -0.15) is 0 Å². The lowest BCUT2D eigenvalue weighted by Gasteiger charge is -2.31. The Labute approximate surface area is 154 Å². The smallest absolute Gasteiger partial charge is 0.349 e. The van der Waals surface area contributed by atoms with E-state index in [2.05, 4.69) is 5.32 Å². The first kappa shape index (κ1) is 19.9. The number of nitrogens with zero attached hydrogens (tertiary/aromatic N) is 1. The number of methoxy groups -OCH3 is 1. The lowest BCUT2D eigenvalue weighted by molar-refractivity contribution is 0.0348. The van der Waals surface area contributed by atoms with Crippen molar-refractivity contribution in [2.45, 2.75) is 44.6 Å². The second kappa shape index (κ2) is 8.83. The van der Waals surface area contributed by atoms with Crippen LogP contribution < -0.4 is 10.9 Å². The first-order chi connectivity index (χ1) is 11.6. The van der Waals surface area contributed by atoms with Crippen molar-refractivity contribution in [1.82, 2.24) is 10.2 Å². The van der Waals surface area contributed by atoms with Crippen molar-refractivity contribution in [2.24, 2.45) is 0 Å². The molecule has 1 aromatic rings. The molecule has 1 aromatic heterocycles. The molecule has 2 saturated heterocycles. The van der Waals surface area contributed by atoms with Gasteiger partial charge in [0.25, 0.3) is 5.91 Å². The van der Waals surface area contributed by atoms with Crippen molar-refractivity contribution < 1.29 is 13.9 Å². The number of amides is 1. The number of carbonyl (C=O) groups excluding carboxylic acids is 1. The molecule has 25 heavy (non-hydrogen) atoms. The van der Waals surface area contributed by atoms with Crippen molar-refractivity contribution in [3.8, 4) is 0 Å². The highest BCUT2D eigenvalue weighted by molar-refractivity contribution is 5.95. The van der Waals surface area contributed by atoms with Gasteiger partial charge < -0.3 is 19.4 Å². The molecular weight excluding hydrogens is 344 g/mol. The van der Waals surface area contributed by atoms with Crippen molar-refractivity contribution in [1.29, 1.82) is 0 Å². The van der Waals surface area contributed by atoms with Crippen molar-refractivity contribution in [3.05, 3.63) is 33.4 Å². The van der Waals surface area contributed by atoms with Gasteiger partial charge in [0.15, 0.2) is 0 Å².